The van der Waals surface area contributed by atoms with Crippen LogP contribution in [0.5, 0.6) is 0 Å². The summed E-state index contributed by atoms with van der Waals surface area (Å²) in [6.45, 7) is 0. The summed E-state index contributed by atoms with van der Waals surface area (Å²) in [6.07, 6.45) is 21.8. The molecule has 0 nitrogen and oxygen atoms in total. The Morgan fingerprint density at radius 1 is 0.609 bits per heavy atom. The molecule has 0 heteroatoms. The number of hydrogen-bond donors (Lipinski definition) is 0. The monoisotopic (exact) mass is 312 g/mol. The van der Waals surface area contributed by atoms with Crippen molar-refractivity contribution in [3.05, 3.63) is 35.4 Å². The molecule has 2 saturated carbocycles. The molecule has 0 aromatic heterocycles. The lowest BCUT2D eigenvalue weighted by Gasteiger charge is -2.19. The van der Waals surface area contributed by atoms with Crippen molar-refractivity contribution in [3.8, 4) is 0 Å². The average Bonchev–Trinajstić information content (AvgIpc) is 2.99. The standard InChI is InChI=1S/C23H36/c1-2-6-12-20(11-5-1)17-18-22-15-9-10-16-23(22)19-21-13-7-3-4-8-14-21/h9-10,15-16,20-21H,1-8,11-14,17-19H2. The van der Waals surface area contributed by atoms with E-state index in [0.717, 1.165) is 11.8 Å². The van der Waals surface area contributed by atoms with Crippen molar-refractivity contribution < 1.29 is 0 Å². The molecule has 0 amide bonds. The van der Waals surface area contributed by atoms with Gasteiger partial charge in [0.05, 0.1) is 0 Å². The van der Waals surface area contributed by atoms with Crippen LogP contribution in [0.1, 0.15) is 94.6 Å². The van der Waals surface area contributed by atoms with Gasteiger partial charge in [0.25, 0.3) is 0 Å². The van der Waals surface area contributed by atoms with E-state index in [0.29, 0.717) is 0 Å². The molecular weight excluding hydrogens is 276 g/mol. The lowest BCUT2D eigenvalue weighted by molar-refractivity contribution is 0.425. The molecule has 2 aliphatic carbocycles. The van der Waals surface area contributed by atoms with Crippen molar-refractivity contribution in [2.45, 2.75) is 96.3 Å². The Bertz CT molecular complexity index is 431. The minimum atomic E-state index is 0.955. The molecule has 23 heavy (non-hydrogen) atoms. The highest BCUT2D eigenvalue weighted by Gasteiger charge is 2.16. The van der Waals surface area contributed by atoms with Crippen molar-refractivity contribution in [2.75, 3.05) is 0 Å². The highest BCUT2D eigenvalue weighted by atomic mass is 14.2. The van der Waals surface area contributed by atoms with Crippen LogP contribution in [0.4, 0.5) is 0 Å². The number of benzene rings is 1. The SMILES string of the molecule is c1ccc(CC2CCCCCC2)c(CCC2CCCCCC2)c1. The zero-order valence-corrected chi connectivity index (χ0v) is 15.1. The fraction of sp³-hybridized carbons (Fsp3) is 0.739. The first kappa shape index (κ1) is 17.1. The van der Waals surface area contributed by atoms with E-state index < -0.39 is 0 Å². The van der Waals surface area contributed by atoms with Gasteiger partial charge in [0.1, 0.15) is 0 Å². The molecule has 0 heterocycles. The summed E-state index contributed by atoms with van der Waals surface area (Å²) in [5.74, 6) is 1.96. The Kier molecular flexibility index (Phi) is 7.04. The Morgan fingerprint density at radius 3 is 1.74 bits per heavy atom. The van der Waals surface area contributed by atoms with Gasteiger partial charge in [-0.1, -0.05) is 101 Å². The fourth-order valence-electron chi connectivity index (χ4n) is 4.89. The average molecular weight is 313 g/mol. The smallest absolute Gasteiger partial charge is 0.0248 e. The second-order valence-electron chi connectivity index (χ2n) is 8.23. The van der Waals surface area contributed by atoms with Crippen LogP contribution in [0.15, 0.2) is 24.3 Å². The minimum Gasteiger partial charge on any atom is -0.0620 e. The van der Waals surface area contributed by atoms with Gasteiger partial charge in [0, 0.05) is 0 Å². The van der Waals surface area contributed by atoms with Gasteiger partial charge in [-0.2, -0.15) is 0 Å². The highest BCUT2D eigenvalue weighted by Crippen LogP contribution is 2.30. The van der Waals surface area contributed by atoms with Crippen molar-refractivity contribution in [3.63, 3.8) is 0 Å². The minimum absolute atomic E-state index is 0.955. The third-order valence-corrected chi connectivity index (χ3v) is 6.40. The van der Waals surface area contributed by atoms with Gasteiger partial charge in [-0.15, -0.1) is 0 Å². The van der Waals surface area contributed by atoms with Gasteiger partial charge in [-0.05, 0) is 42.2 Å². The first-order valence-corrected chi connectivity index (χ1v) is 10.5. The van der Waals surface area contributed by atoms with Gasteiger partial charge in [0.2, 0.25) is 0 Å². The summed E-state index contributed by atoms with van der Waals surface area (Å²) >= 11 is 0. The summed E-state index contributed by atoms with van der Waals surface area (Å²) in [6, 6.07) is 9.37. The molecule has 1 aromatic rings. The van der Waals surface area contributed by atoms with Gasteiger partial charge in [-0.3, -0.25) is 0 Å². The van der Waals surface area contributed by atoms with Gasteiger partial charge >= 0.3 is 0 Å². The van der Waals surface area contributed by atoms with Crippen molar-refractivity contribution in [1.82, 2.24) is 0 Å². The number of hydrogen-bond acceptors (Lipinski definition) is 0. The van der Waals surface area contributed by atoms with Crippen LogP contribution in [0, 0.1) is 11.8 Å². The molecule has 0 unspecified atom stereocenters. The molecule has 1 aromatic carbocycles. The first-order chi connectivity index (χ1) is 11.4. The summed E-state index contributed by atoms with van der Waals surface area (Å²) < 4.78 is 0. The van der Waals surface area contributed by atoms with Crippen LogP contribution < -0.4 is 0 Å². The Hall–Kier alpha value is -0.780. The largest absolute Gasteiger partial charge is 0.0620 e. The van der Waals surface area contributed by atoms with Crippen molar-refractivity contribution in [2.24, 2.45) is 11.8 Å². The molecule has 2 fully saturated rings. The van der Waals surface area contributed by atoms with Crippen LogP contribution in [0.2, 0.25) is 0 Å². The van der Waals surface area contributed by atoms with Gasteiger partial charge in [0.15, 0.2) is 0 Å². The normalized spacial score (nSPS) is 21.7. The lowest BCUT2D eigenvalue weighted by Crippen LogP contribution is -2.07. The molecule has 3 rings (SSSR count). The molecule has 0 radical (unpaired) electrons. The molecule has 0 saturated heterocycles. The van der Waals surface area contributed by atoms with Gasteiger partial charge < -0.3 is 0 Å². The van der Waals surface area contributed by atoms with E-state index in [-0.39, 0.29) is 0 Å². The maximum atomic E-state index is 2.42. The lowest BCUT2D eigenvalue weighted by atomic mass is 9.87. The fourth-order valence-corrected chi connectivity index (χ4v) is 4.89. The van der Waals surface area contributed by atoms with E-state index in [1.165, 1.54) is 96.3 Å². The summed E-state index contributed by atoms with van der Waals surface area (Å²) in [5.41, 5.74) is 3.34. The van der Waals surface area contributed by atoms with E-state index in [1.54, 1.807) is 11.1 Å². The van der Waals surface area contributed by atoms with Crippen LogP contribution >= 0.6 is 0 Å². The second-order valence-corrected chi connectivity index (χ2v) is 8.23. The maximum Gasteiger partial charge on any atom is -0.0248 e. The van der Waals surface area contributed by atoms with E-state index in [4.69, 9.17) is 0 Å². The topological polar surface area (TPSA) is 0 Å². The second kappa shape index (κ2) is 9.50. The van der Waals surface area contributed by atoms with E-state index >= 15 is 0 Å². The summed E-state index contributed by atoms with van der Waals surface area (Å²) in [7, 11) is 0. The zero-order chi connectivity index (χ0) is 15.7. The summed E-state index contributed by atoms with van der Waals surface area (Å²) in [4.78, 5) is 0. The molecule has 0 spiro atoms. The summed E-state index contributed by atoms with van der Waals surface area (Å²) in [5, 5.41) is 0. The van der Waals surface area contributed by atoms with Crippen LogP contribution in [0.3, 0.4) is 0 Å². The Labute approximate surface area is 144 Å². The molecule has 0 N–H and O–H groups in total. The third-order valence-electron chi connectivity index (χ3n) is 6.40. The Balaban J connectivity index is 1.56. The highest BCUT2D eigenvalue weighted by molar-refractivity contribution is 5.27. The van der Waals surface area contributed by atoms with Crippen LogP contribution in [0.25, 0.3) is 0 Å². The molecule has 0 atom stereocenters. The zero-order valence-electron chi connectivity index (χ0n) is 15.1. The first-order valence-electron chi connectivity index (χ1n) is 10.5. The molecular formula is C23H36. The Morgan fingerprint density at radius 2 is 1.13 bits per heavy atom. The number of rotatable bonds is 5. The number of aryl methyl sites for hydroxylation is 1. The quantitative estimate of drug-likeness (QED) is 0.508. The van der Waals surface area contributed by atoms with Gasteiger partial charge in [-0.25, -0.2) is 0 Å². The third kappa shape index (κ3) is 5.66. The van der Waals surface area contributed by atoms with Crippen LogP contribution in [-0.2, 0) is 12.8 Å². The van der Waals surface area contributed by atoms with Crippen molar-refractivity contribution in [1.29, 1.82) is 0 Å². The van der Waals surface area contributed by atoms with Crippen molar-refractivity contribution >= 4 is 0 Å². The maximum absolute atomic E-state index is 2.42. The molecule has 0 aliphatic heterocycles. The van der Waals surface area contributed by atoms with E-state index in [9.17, 15) is 0 Å². The van der Waals surface area contributed by atoms with E-state index in [1.807, 2.05) is 0 Å². The predicted octanol–water partition coefficient (Wildman–Crippen LogP) is 7.10. The molecule has 2 aliphatic rings. The predicted molar refractivity (Wildman–Crippen MR) is 101 cm³/mol. The molecule has 0 bridgehead atoms. The molecule has 128 valence electrons. The van der Waals surface area contributed by atoms with Crippen LogP contribution in [-0.4, -0.2) is 0 Å². The van der Waals surface area contributed by atoms with E-state index in [2.05, 4.69) is 24.3 Å².